The summed E-state index contributed by atoms with van der Waals surface area (Å²) in [4.78, 5) is 0.260. The van der Waals surface area contributed by atoms with Gasteiger partial charge in [-0.3, -0.25) is 0 Å². The summed E-state index contributed by atoms with van der Waals surface area (Å²) >= 11 is 0. The molecule has 21 heavy (non-hydrogen) atoms. The molecule has 0 heterocycles. The van der Waals surface area contributed by atoms with Crippen LogP contribution in [0.15, 0.2) is 35.2 Å². The molecular formula is C16H24O4S. The number of benzene rings is 1. The highest BCUT2D eigenvalue weighted by Gasteiger charge is 2.52. The highest BCUT2D eigenvalue weighted by Crippen LogP contribution is 2.43. The summed E-state index contributed by atoms with van der Waals surface area (Å²) in [6.45, 7) is 1.48. The zero-order chi connectivity index (χ0) is 15.5. The van der Waals surface area contributed by atoms with E-state index in [1.54, 1.807) is 37.3 Å². The van der Waals surface area contributed by atoms with E-state index in [4.69, 9.17) is 0 Å². The van der Waals surface area contributed by atoms with Gasteiger partial charge in [0.1, 0.15) is 4.75 Å². The Morgan fingerprint density at radius 3 is 2.24 bits per heavy atom. The van der Waals surface area contributed by atoms with E-state index in [1.165, 1.54) is 0 Å². The summed E-state index contributed by atoms with van der Waals surface area (Å²) < 4.78 is 25.1. The number of aliphatic hydroxyl groups is 2. The Bertz CT molecular complexity index is 547. The molecule has 1 fully saturated rings. The van der Waals surface area contributed by atoms with Gasteiger partial charge in [0.2, 0.25) is 0 Å². The van der Waals surface area contributed by atoms with Crippen LogP contribution in [0.5, 0.6) is 0 Å². The first-order valence-corrected chi connectivity index (χ1v) is 9.02. The Morgan fingerprint density at radius 2 is 1.71 bits per heavy atom. The molecule has 1 aromatic carbocycles. The van der Waals surface area contributed by atoms with Crippen LogP contribution in [0.3, 0.4) is 0 Å². The van der Waals surface area contributed by atoms with Gasteiger partial charge in [-0.2, -0.15) is 0 Å². The van der Waals surface area contributed by atoms with Crippen LogP contribution in [0.2, 0.25) is 0 Å². The summed E-state index contributed by atoms with van der Waals surface area (Å²) in [6, 6.07) is 8.35. The Morgan fingerprint density at radius 1 is 1.14 bits per heavy atom. The molecule has 118 valence electrons. The molecule has 5 heteroatoms. The van der Waals surface area contributed by atoms with E-state index in [0.717, 1.165) is 19.3 Å². The van der Waals surface area contributed by atoms with E-state index in [2.05, 4.69) is 0 Å². The smallest absolute Gasteiger partial charge is 0.186 e. The third-order valence-corrected chi connectivity index (χ3v) is 7.27. The Labute approximate surface area is 126 Å². The lowest BCUT2D eigenvalue weighted by Crippen LogP contribution is -2.53. The van der Waals surface area contributed by atoms with E-state index in [0.29, 0.717) is 12.8 Å². The maximum absolute atomic E-state index is 13.1. The van der Waals surface area contributed by atoms with E-state index in [-0.39, 0.29) is 11.5 Å². The van der Waals surface area contributed by atoms with Gasteiger partial charge in [0, 0.05) is 12.5 Å². The normalized spacial score (nSPS) is 21.7. The Hall–Kier alpha value is -0.910. The van der Waals surface area contributed by atoms with Crippen LogP contribution in [0.4, 0.5) is 0 Å². The van der Waals surface area contributed by atoms with E-state index < -0.39 is 26.6 Å². The lowest BCUT2D eigenvalue weighted by molar-refractivity contribution is 0.0296. The molecule has 0 saturated heterocycles. The second-order valence-corrected chi connectivity index (χ2v) is 8.34. The predicted molar refractivity (Wildman–Crippen MR) is 81.7 cm³/mol. The van der Waals surface area contributed by atoms with Gasteiger partial charge in [0.15, 0.2) is 9.84 Å². The van der Waals surface area contributed by atoms with Crippen molar-refractivity contribution in [3.63, 3.8) is 0 Å². The number of hydrogen-bond acceptors (Lipinski definition) is 4. The van der Waals surface area contributed by atoms with Crippen LogP contribution < -0.4 is 0 Å². The summed E-state index contributed by atoms with van der Waals surface area (Å²) in [5.74, 6) is -0.457. The maximum Gasteiger partial charge on any atom is 0.186 e. The van der Waals surface area contributed by atoms with Gasteiger partial charge >= 0.3 is 0 Å². The Balaban J connectivity index is 2.50. The van der Waals surface area contributed by atoms with Crippen molar-refractivity contribution >= 4 is 9.84 Å². The van der Waals surface area contributed by atoms with Crippen molar-refractivity contribution in [1.29, 1.82) is 0 Å². The third-order valence-electron chi connectivity index (χ3n) is 4.65. The predicted octanol–water partition coefficient (Wildman–Crippen LogP) is 2.15. The molecule has 0 radical (unpaired) electrons. The molecule has 0 unspecified atom stereocenters. The quantitative estimate of drug-likeness (QED) is 0.873. The van der Waals surface area contributed by atoms with Gasteiger partial charge in [-0.05, 0) is 25.0 Å². The van der Waals surface area contributed by atoms with Crippen LogP contribution in [0.1, 0.15) is 39.0 Å². The first kappa shape index (κ1) is 16.5. The fourth-order valence-corrected chi connectivity index (χ4v) is 5.69. The van der Waals surface area contributed by atoms with E-state index >= 15 is 0 Å². The highest BCUT2D eigenvalue weighted by molar-refractivity contribution is 7.93. The minimum atomic E-state index is -3.64. The molecule has 0 aliphatic heterocycles. The van der Waals surface area contributed by atoms with Gasteiger partial charge < -0.3 is 10.2 Å². The number of sulfone groups is 1. The molecule has 0 amide bonds. The third kappa shape index (κ3) is 2.87. The lowest BCUT2D eigenvalue weighted by Gasteiger charge is -2.42. The fourth-order valence-electron chi connectivity index (χ4n) is 3.33. The monoisotopic (exact) mass is 312 g/mol. The molecule has 2 rings (SSSR count). The summed E-state index contributed by atoms with van der Waals surface area (Å²) in [5, 5.41) is 20.0. The van der Waals surface area contributed by atoms with Gasteiger partial charge in [-0.25, -0.2) is 8.42 Å². The zero-order valence-electron chi connectivity index (χ0n) is 12.4. The van der Waals surface area contributed by atoms with Gasteiger partial charge in [-0.1, -0.05) is 44.4 Å². The van der Waals surface area contributed by atoms with E-state index in [9.17, 15) is 18.6 Å². The summed E-state index contributed by atoms with van der Waals surface area (Å²) in [7, 11) is -3.64. The van der Waals surface area contributed by atoms with Crippen LogP contribution in [0, 0.1) is 5.92 Å². The Kier molecular flexibility index (Phi) is 5.07. The first-order valence-electron chi connectivity index (χ1n) is 7.54. The van der Waals surface area contributed by atoms with Crippen LogP contribution in [-0.2, 0) is 9.84 Å². The molecule has 1 aromatic rings. The summed E-state index contributed by atoms with van der Waals surface area (Å²) in [5.41, 5.74) is 0. The molecule has 2 N–H and O–H groups in total. The maximum atomic E-state index is 13.1. The van der Waals surface area contributed by atoms with E-state index in [1.807, 2.05) is 0 Å². The van der Waals surface area contributed by atoms with Crippen molar-refractivity contribution in [2.75, 3.05) is 6.61 Å². The molecule has 1 saturated carbocycles. The topological polar surface area (TPSA) is 74.6 Å². The van der Waals surface area contributed by atoms with Crippen molar-refractivity contribution in [1.82, 2.24) is 0 Å². The second kappa shape index (κ2) is 6.46. The summed E-state index contributed by atoms with van der Waals surface area (Å²) in [6.07, 6.45) is 2.44. The molecule has 1 aliphatic carbocycles. The van der Waals surface area contributed by atoms with Crippen molar-refractivity contribution in [3.05, 3.63) is 30.3 Å². The van der Waals surface area contributed by atoms with Gasteiger partial charge in [0.05, 0.1) is 11.0 Å². The van der Waals surface area contributed by atoms with Crippen molar-refractivity contribution in [2.45, 2.75) is 54.8 Å². The fraction of sp³-hybridized carbons (Fsp3) is 0.625. The average molecular weight is 312 g/mol. The lowest BCUT2D eigenvalue weighted by atomic mass is 9.80. The molecule has 1 aliphatic rings. The zero-order valence-corrected chi connectivity index (χ0v) is 13.2. The molecule has 0 aromatic heterocycles. The first-order chi connectivity index (χ1) is 9.95. The number of aliphatic hydroxyl groups excluding tert-OH is 2. The molecule has 2 atom stereocenters. The van der Waals surface area contributed by atoms with Gasteiger partial charge in [0.25, 0.3) is 0 Å². The van der Waals surface area contributed by atoms with Gasteiger partial charge in [-0.15, -0.1) is 0 Å². The molecular weight excluding hydrogens is 288 g/mol. The van der Waals surface area contributed by atoms with Crippen LogP contribution in [-0.4, -0.2) is 36.1 Å². The van der Waals surface area contributed by atoms with Crippen LogP contribution in [0.25, 0.3) is 0 Å². The highest BCUT2D eigenvalue weighted by atomic mass is 32.2. The molecule has 0 spiro atoms. The second-order valence-electron chi connectivity index (χ2n) is 6.05. The van der Waals surface area contributed by atoms with Crippen molar-refractivity contribution in [2.24, 2.45) is 5.92 Å². The average Bonchev–Trinajstić information content (AvgIpc) is 2.54. The largest absolute Gasteiger partial charge is 0.396 e. The number of hydrogen-bond donors (Lipinski definition) is 2. The molecule has 0 bridgehead atoms. The SMILES string of the molecule is C[C@@H](CO)[C@H](O)C1(S(=O)(=O)c2ccccc2)CCCCC1. The van der Waals surface area contributed by atoms with Crippen LogP contribution >= 0.6 is 0 Å². The van der Waals surface area contributed by atoms with Crippen molar-refractivity contribution in [3.8, 4) is 0 Å². The standard InChI is InChI=1S/C16H24O4S/c1-13(12-17)15(18)16(10-6-3-7-11-16)21(19,20)14-8-4-2-5-9-14/h2,4-5,8-9,13,15,17-18H,3,6-7,10-12H2,1H3/t13-,15-/m0/s1. The minimum absolute atomic E-state index is 0.215. The minimum Gasteiger partial charge on any atom is -0.396 e. The van der Waals surface area contributed by atoms with Crippen molar-refractivity contribution < 1.29 is 18.6 Å². The molecule has 4 nitrogen and oxygen atoms in total. The number of rotatable bonds is 5.